The Kier molecular flexibility index (Phi) is 3.84. The number of hydrogen-bond donors (Lipinski definition) is 1. The Labute approximate surface area is 71.6 Å². The van der Waals surface area contributed by atoms with Gasteiger partial charge in [-0.3, -0.25) is 0 Å². The van der Waals surface area contributed by atoms with E-state index in [1.165, 1.54) is 7.11 Å². The van der Waals surface area contributed by atoms with Gasteiger partial charge in [0.25, 0.3) is 0 Å². The number of allylic oxidation sites excluding steroid dienone is 1. The molecule has 0 radical (unpaired) electrons. The SMILES string of the molecule is COC(=O)/C(C#N)=C(\N)C(C)C. The molecule has 0 unspecified atom stereocenters. The van der Waals surface area contributed by atoms with E-state index in [-0.39, 0.29) is 17.2 Å². The lowest BCUT2D eigenvalue weighted by molar-refractivity contribution is -0.135. The third-order valence-electron chi connectivity index (χ3n) is 1.41. The van der Waals surface area contributed by atoms with E-state index >= 15 is 0 Å². The Morgan fingerprint density at radius 2 is 2.08 bits per heavy atom. The van der Waals surface area contributed by atoms with Crippen LogP contribution in [0.5, 0.6) is 0 Å². The number of carbonyl (C=O) groups excluding carboxylic acids is 1. The van der Waals surface area contributed by atoms with Crippen LogP contribution in [0.3, 0.4) is 0 Å². The summed E-state index contributed by atoms with van der Waals surface area (Å²) in [6, 6.07) is 1.71. The summed E-state index contributed by atoms with van der Waals surface area (Å²) in [6.07, 6.45) is 0. The van der Waals surface area contributed by atoms with Crippen molar-refractivity contribution in [3.8, 4) is 6.07 Å². The van der Waals surface area contributed by atoms with Crippen LogP contribution < -0.4 is 5.73 Å². The molecular formula is C8H12N2O2. The van der Waals surface area contributed by atoms with Crippen LogP contribution in [-0.2, 0) is 9.53 Å². The van der Waals surface area contributed by atoms with Crippen molar-refractivity contribution < 1.29 is 9.53 Å². The van der Waals surface area contributed by atoms with Crippen LogP contribution in [-0.4, -0.2) is 13.1 Å². The molecule has 0 heterocycles. The van der Waals surface area contributed by atoms with Crippen LogP contribution in [0, 0.1) is 17.2 Å². The first-order valence-corrected chi connectivity index (χ1v) is 3.52. The molecule has 0 amide bonds. The molecule has 0 aliphatic heterocycles. The first kappa shape index (κ1) is 10.5. The van der Waals surface area contributed by atoms with Crippen molar-refractivity contribution in [2.24, 2.45) is 11.7 Å². The Hall–Kier alpha value is -1.50. The highest BCUT2D eigenvalue weighted by Gasteiger charge is 2.15. The Morgan fingerprint density at radius 3 is 2.33 bits per heavy atom. The summed E-state index contributed by atoms with van der Waals surface area (Å²) in [5.74, 6) is -0.706. The molecule has 4 nitrogen and oxygen atoms in total. The van der Waals surface area contributed by atoms with E-state index in [0.717, 1.165) is 0 Å². The summed E-state index contributed by atoms with van der Waals surface area (Å²) < 4.78 is 4.38. The average molecular weight is 168 g/mol. The molecule has 0 saturated heterocycles. The van der Waals surface area contributed by atoms with Gasteiger partial charge in [0.05, 0.1) is 7.11 Å². The third kappa shape index (κ3) is 2.27. The van der Waals surface area contributed by atoms with Gasteiger partial charge in [-0.15, -0.1) is 0 Å². The van der Waals surface area contributed by atoms with Gasteiger partial charge in [0, 0.05) is 5.70 Å². The van der Waals surface area contributed by atoms with Crippen LogP contribution in [0.1, 0.15) is 13.8 Å². The number of nitriles is 1. The molecule has 0 bridgehead atoms. The molecule has 2 N–H and O–H groups in total. The molecule has 66 valence electrons. The Balaban J connectivity index is 4.90. The van der Waals surface area contributed by atoms with Crippen molar-refractivity contribution in [3.63, 3.8) is 0 Å². The summed E-state index contributed by atoms with van der Waals surface area (Å²) in [7, 11) is 1.22. The summed E-state index contributed by atoms with van der Waals surface area (Å²) >= 11 is 0. The fourth-order valence-corrected chi connectivity index (χ4v) is 0.619. The number of nitrogens with zero attached hydrogens (tertiary/aromatic N) is 1. The van der Waals surface area contributed by atoms with Crippen molar-refractivity contribution in [1.82, 2.24) is 0 Å². The molecule has 0 spiro atoms. The van der Waals surface area contributed by atoms with Gasteiger partial charge in [-0.25, -0.2) is 4.79 Å². The molecular weight excluding hydrogens is 156 g/mol. The molecule has 0 aromatic carbocycles. The second-order valence-corrected chi connectivity index (χ2v) is 2.59. The first-order valence-electron chi connectivity index (χ1n) is 3.52. The zero-order chi connectivity index (χ0) is 9.72. The molecule has 0 saturated carbocycles. The minimum absolute atomic E-state index is 0.0289. The zero-order valence-corrected chi connectivity index (χ0v) is 7.42. The van der Waals surface area contributed by atoms with Crippen LogP contribution in [0.15, 0.2) is 11.3 Å². The smallest absolute Gasteiger partial charge is 0.350 e. The van der Waals surface area contributed by atoms with Crippen LogP contribution in [0.4, 0.5) is 0 Å². The van der Waals surface area contributed by atoms with Crippen molar-refractivity contribution in [3.05, 3.63) is 11.3 Å². The number of rotatable bonds is 2. The van der Waals surface area contributed by atoms with Gasteiger partial charge in [0.2, 0.25) is 0 Å². The van der Waals surface area contributed by atoms with Crippen LogP contribution in [0.25, 0.3) is 0 Å². The topological polar surface area (TPSA) is 76.1 Å². The second-order valence-electron chi connectivity index (χ2n) is 2.59. The standard InChI is InChI=1S/C8H12N2O2/c1-5(2)7(10)6(4-9)8(11)12-3/h5H,10H2,1-3H3/b7-6-. The maximum Gasteiger partial charge on any atom is 0.350 e. The highest BCUT2D eigenvalue weighted by atomic mass is 16.5. The van der Waals surface area contributed by atoms with Crippen LogP contribution in [0.2, 0.25) is 0 Å². The molecule has 0 aliphatic rings. The third-order valence-corrected chi connectivity index (χ3v) is 1.41. The summed E-state index contributed by atoms with van der Waals surface area (Å²) in [5, 5.41) is 8.56. The predicted octanol–water partition coefficient (Wildman–Crippen LogP) is 0.552. The fraction of sp³-hybridized carbons (Fsp3) is 0.500. The molecule has 0 rings (SSSR count). The average Bonchev–Trinajstić information content (AvgIpc) is 2.05. The largest absolute Gasteiger partial charge is 0.465 e. The number of methoxy groups -OCH3 is 1. The number of carbonyl (C=O) groups is 1. The first-order chi connectivity index (χ1) is 5.54. The Bertz CT molecular complexity index is 248. The number of esters is 1. The summed E-state index contributed by atoms with van der Waals surface area (Å²) in [4.78, 5) is 10.9. The van der Waals surface area contributed by atoms with E-state index in [1.54, 1.807) is 19.9 Å². The number of hydrogen-bond acceptors (Lipinski definition) is 4. The van der Waals surface area contributed by atoms with Crippen LogP contribution >= 0.6 is 0 Å². The van der Waals surface area contributed by atoms with Gasteiger partial charge in [0.1, 0.15) is 6.07 Å². The highest BCUT2D eigenvalue weighted by Crippen LogP contribution is 2.09. The lowest BCUT2D eigenvalue weighted by Gasteiger charge is -2.06. The quantitative estimate of drug-likeness (QED) is 0.371. The van der Waals surface area contributed by atoms with Crippen molar-refractivity contribution in [1.29, 1.82) is 5.26 Å². The van der Waals surface area contributed by atoms with Gasteiger partial charge >= 0.3 is 5.97 Å². The summed E-state index contributed by atoms with van der Waals surface area (Å²) in [6.45, 7) is 3.60. The van der Waals surface area contributed by atoms with Gasteiger partial charge in [0.15, 0.2) is 5.57 Å². The lowest BCUT2D eigenvalue weighted by Crippen LogP contribution is -2.15. The maximum absolute atomic E-state index is 10.9. The van der Waals surface area contributed by atoms with Crippen molar-refractivity contribution in [2.45, 2.75) is 13.8 Å². The predicted molar refractivity (Wildman–Crippen MR) is 43.7 cm³/mol. The van der Waals surface area contributed by atoms with Gasteiger partial charge in [-0.2, -0.15) is 5.26 Å². The van der Waals surface area contributed by atoms with E-state index < -0.39 is 5.97 Å². The van der Waals surface area contributed by atoms with E-state index in [9.17, 15) is 4.79 Å². The van der Waals surface area contributed by atoms with Crippen molar-refractivity contribution >= 4 is 5.97 Å². The molecule has 0 atom stereocenters. The van der Waals surface area contributed by atoms with E-state index in [2.05, 4.69) is 4.74 Å². The lowest BCUT2D eigenvalue weighted by atomic mass is 10.1. The van der Waals surface area contributed by atoms with E-state index in [0.29, 0.717) is 0 Å². The van der Waals surface area contributed by atoms with E-state index in [4.69, 9.17) is 11.0 Å². The highest BCUT2D eigenvalue weighted by molar-refractivity contribution is 5.93. The zero-order valence-electron chi connectivity index (χ0n) is 7.42. The molecule has 0 aliphatic carbocycles. The van der Waals surface area contributed by atoms with Crippen molar-refractivity contribution in [2.75, 3.05) is 7.11 Å². The second kappa shape index (κ2) is 4.39. The molecule has 12 heavy (non-hydrogen) atoms. The van der Waals surface area contributed by atoms with Gasteiger partial charge in [-0.1, -0.05) is 13.8 Å². The molecule has 0 aromatic heterocycles. The van der Waals surface area contributed by atoms with Gasteiger partial charge in [-0.05, 0) is 5.92 Å². The number of ether oxygens (including phenoxy) is 1. The van der Waals surface area contributed by atoms with Gasteiger partial charge < -0.3 is 10.5 Å². The summed E-state index contributed by atoms with van der Waals surface area (Å²) in [5.41, 5.74) is 5.67. The molecule has 4 heteroatoms. The fourth-order valence-electron chi connectivity index (χ4n) is 0.619. The van der Waals surface area contributed by atoms with E-state index in [1.807, 2.05) is 0 Å². The molecule has 0 fully saturated rings. The minimum Gasteiger partial charge on any atom is -0.465 e. The minimum atomic E-state index is -0.677. The molecule has 0 aromatic rings. The Morgan fingerprint density at radius 1 is 1.58 bits per heavy atom. The number of nitrogens with two attached hydrogens (primary N) is 1. The monoisotopic (exact) mass is 168 g/mol. The normalized spacial score (nSPS) is 11.9. The maximum atomic E-state index is 10.9.